The molecule has 0 saturated heterocycles. The van der Waals surface area contributed by atoms with Crippen molar-refractivity contribution in [1.29, 1.82) is 0 Å². The largest absolute Gasteiger partial charge is 0.299 e. The van der Waals surface area contributed by atoms with Gasteiger partial charge in [0.05, 0.1) is 0 Å². The van der Waals surface area contributed by atoms with Crippen LogP contribution in [-0.4, -0.2) is 5.78 Å². The van der Waals surface area contributed by atoms with E-state index >= 15 is 0 Å². The fourth-order valence-corrected chi connectivity index (χ4v) is 5.03. The van der Waals surface area contributed by atoms with Gasteiger partial charge in [-0.2, -0.15) is 0 Å². The minimum Gasteiger partial charge on any atom is -0.299 e. The van der Waals surface area contributed by atoms with E-state index in [2.05, 4.69) is 27.4 Å². The lowest BCUT2D eigenvalue weighted by Gasteiger charge is -2.66. The van der Waals surface area contributed by atoms with Gasteiger partial charge in [-0.1, -0.05) is 32.9 Å². The van der Waals surface area contributed by atoms with Crippen molar-refractivity contribution >= 4 is 5.78 Å². The lowest BCUT2D eigenvalue weighted by molar-refractivity contribution is -0.163. The van der Waals surface area contributed by atoms with Crippen LogP contribution in [0.1, 0.15) is 46.5 Å². The maximum Gasteiger partial charge on any atom is 0.143 e. The summed E-state index contributed by atoms with van der Waals surface area (Å²) in [7, 11) is 0. The highest BCUT2D eigenvalue weighted by Crippen LogP contribution is 2.69. The molecule has 1 heteroatoms. The second-order valence-electron chi connectivity index (χ2n) is 6.76. The van der Waals surface area contributed by atoms with Crippen LogP contribution in [0.2, 0.25) is 0 Å². The topological polar surface area (TPSA) is 17.1 Å². The summed E-state index contributed by atoms with van der Waals surface area (Å²) in [5.41, 5.74) is 1.70. The Morgan fingerprint density at radius 3 is 2.62 bits per heavy atom. The Kier molecular flexibility index (Phi) is 1.85. The number of ketones is 1. The molecule has 88 valence electrons. The number of carbonyl (C=O) groups is 1. The summed E-state index contributed by atoms with van der Waals surface area (Å²) in [5, 5.41) is 0. The van der Waals surface area contributed by atoms with E-state index in [0.29, 0.717) is 17.6 Å². The first-order chi connectivity index (χ1) is 7.42. The fraction of sp³-hybridized carbons (Fsp3) is 0.800. The number of hydrogen-bond donors (Lipinski definition) is 0. The highest BCUT2D eigenvalue weighted by molar-refractivity contribution is 5.90. The minimum atomic E-state index is 0.194. The molecule has 0 unspecified atom stereocenters. The first kappa shape index (κ1) is 10.6. The standard InChI is InChI=1S/C15H22O/c1-9-5-7-14(3)10(2)11-6-8-15(14,4)12(9)13(11)16/h9,11-12H,2,5-8H2,1,3-4H3/t9-,11-,12+,14-,15-/m0/s1. The number of allylic oxidation sites excluding steroid dienone is 1. The normalized spacial score (nSPS) is 55.6. The van der Waals surface area contributed by atoms with Gasteiger partial charge < -0.3 is 0 Å². The average molecular weight is 218 g/mol. The van der Waals surface area contributed by atoms with Crippen LogP contribution >= 0.6 is 0 Å². The van der Waals surface area contributed by atoms with Gasteiger partial charge >= 0.3 is 0 Å². The number of carbonyl (C=O) groups excluding carboxylic acids is 1. The van der Waals surface area contributed by atoms with Crippen molar-refractivity contribution in [2.45, 2.75) is 46.5 Å². The summed E-state index contributed by atoms with van der Waals surface area (Å²) < 4.78 is 0. The van der Waals surface area contributed by atoms with Crippen LogP contribution in [0.25, 0.3) is 0 Å². The molecule has 4 aliphatic rings. The molecular weight excluding hydrogens is 196 g/mol. The van der Waals surface area contributed by atoms with E-state index in [9.17, 15) is 4.79 Å². The second-order valence-corrected chi connectivity index (χ2v) is 6.76. The van der Waals surface area contributed by atoms with Crippen LogP contribution in [0.5, 0.6) is 0 Å². The highest BCUT2D eigenvalue weighted by atomic mass is 16.1. The van der Waals surface area contributed by atoms with Crippen molar-refractivity contribution < 1.29 is 4.79 Å². The van der Waals surface area contributed by atoms with Crippen LogP contribution in [0.4, 0.5) is 0 Å². The number of rotatable bonds is 0. The van der Waals surface area contributed by atoms with Gasteiger partial charge in [-0.05, 0) is 42.4 Å². The third-order valence-electron chi connectivity index (χ3n) is 6.35. The van der Waals surface area contributed by atoms with Crippen LogP contribution in [0, 0.1) is 28.6 Å². The molecule has 0 spiro atoms. The van der Waals surface area contributed by atoms with Crippen molar-refractivity contribution in [2.24, 2.45) is 28.6 Å². The van der Waals surface area contributed by atoms with Gasteiger partial charge in [-0.15, -0.1) is 0 Å². The Morgan fingerprint density at radius 1 is 1.25 bits per heavy atom. The molecule has 4 aliphatic carbocycles. The SMILES string of the molecule is C=C1[C@@H]2CC[C@@]3(C)[C@@H](C2=O)[C@@H](C)CC[C@@]13C. The zero-order valence-electron chi connectivity index (χ0n) is 10.7. The van der Waals surface area contributed by atoms with E-state index in [1.54, 1.807) is 0 Å². The molecule has 5 atom stereocenters. The van der Waals surface area contributed by atoms with E-state index < -0.39 is 0 Å². The molecular formula is C15H22O. The Bertz CT molecular complexity index is 383. The molecule has 0 amide bonds. The summed E-state index contributed by atoms with van der Waals surface area (Å²) in [5.74, 6) is 1.61. The zero-order valence-corrected chi connectivity index (χ0v) is 10.7. The molecule has 0 aromatic heterocycles. The quantitative estimate of drug-likeness (QED) is 0.568. The third kappa shape index (κ3) is 0.881. The smallest absolute Gasteiger partial charge is 0.143 e. The number of fused-ring (bicyclic) bond motifs is 1. The van der Waals surface area contributed by atoms with Gasteiger partial charge in [0.1, 0.15) is 5.78 Å². The Hall–Kier alpha value is -0.590. The van der Waals surface area contributed by atoms with Crippen molar-refractivity contribution in [3.63, 3.8) is 0 Å². The van der Waals surface area contributed by atoms with Gasteiger partial charge in [-0.3, -0.25) is 4.79 Å². The molecule has 1 nitrogen and oxygen atoms in total. The summed E-state index contributed by atoms with van der Waals surface area (Å²) in [6.45, 7) is 11.3. The maximum atomic E-state index is 12.5. The Morgan fingerprint density at radius 2 is 1.94 bits per heavy atom. The first-order valence-electron chi connectivity index (χ1n) is 6.65. The van der Waals surface area contributed by atoms with E-state index in [0.717, 1.165) is 6.42 Å². The summed E-state index contributed by atoms with van der Waals surface area (Å²) in [6.07, 6.45) is 4.74. The molecule has 4 rings (SSSR count). The van der Waals surface area contributed by atoms with E-state index in [4.69, 9.17) is 0 Å². The Balaban J connectivity index is 2.19. The molecule has 0 aliphatic heterocycles. The zero-order chi connectivity index (χ0) is 11.7. The van der Waals surface area contributed by atoms with E-state index in [1.165, 1.54) is 24.8 Å². The monoisotopic (exact) mass is 218 g/mol. The molecule has 0 aromatic rings. The maximum absolute atomic E-state index is 12.5. The van der Waals surface area contributed by atoms with Crippen LogP contribution in [-0.2, 0) is 4.79 Å². The number of hydrogen-bond acceptors (Lipinski definition) is 1. The molecule has 0 aromatic carbocycles. The first-order valence-corrected chi connectivity index (χ1v) is 6.65. The predicted octanol–water partition coefficient (Wildman–Crippen LogP) is 3.59. The van der Waals surface area contributed by atoms with E-state index in [1.807, 2.05) is 0 Å². The summed E-state index contributed by atoms with van der Waals surface area (Å²) in [6, 6.07) is 0. The molecule has 0 radical (unpaired) electrons. The lowest BCUT2D eigenvalue weighted by Crippen LogP contribution is -2.63. The number of Topliss-reactive ketones (excluding diaryl/α,β-unsaturated/α-hetero) is 1. The summed E-state index contributed by atoms with van der Waals surface area (Å²) in [4.78, 5) is 12.5. The molecule has 0 heterocycles. The van der Waals surface area contributed by atoms with Crippen molar-refractivity contribution in [1.82, 2.24) is 0 Å². The van der Waals surface area contributed by atoms with E-state index in [-0.39, 0.29) is 16.7 Å². The van der Waals surface area contributed by atoms with Crippen molar-refractivity contribution in [3.05, 3.63) is 12.2 Å². The van der Waals surface area contributed by atoms with Crippen LogP contribution in [0.15, 0.2) is 12.2 Å². The predicted molar refractivity (Wildman–Crippen MR) is 65.0 cm³/mol. The third-order valence-corrected chi connectivity index (χ3v) is 6.35. The summed E-state index contributed by atoms with van der Waals surface area (Å²) >= 11 is 0. The van der Waals surface area contributed by atoms with Gasteiger partial charge in [0.15, 0.2) is 0 Å². The van der Waals surface area contributed by atoms with Crippen molar-refractivity contribution in [3.8, 4) is 0 Å². The second kappa shape index (κ2) is 2.80. The molecule has 4 bridgehead atoms. The fourth-order valence-electron chi connectivity index (χ4n) is 5.03. The van der Waals surface area contributed by atoms with Crippen LogP contribution < -0.4 is 0 Å². The van der Waals surface area contributed by atoms with Gasteiger partial charge in [0.2, 0.25) is 0 Å². The van der Waals surface area contributed by atoms with Crippen LogP contribution in [0.3, 0.4) is 0 Å². The van der Waals surface area contributed by atoms with Gasteiger partial charge in [0.25, 0.3) is 0 Å². The highest BCUT2D eigenvalue weighted by Gasteiger charge is 2.65. The molecule has 4 fully saturated rings. The van der Waals surface area contributed by atoms with Gasteiger partial charge in [0, 0.05) is 11.8 Å². The lowest BCUT2D eigenvalue weighted by atomic mass is 9.37. The average Bonchev–Trinajstić information content (AvgIpc) is 2.22. The minimum absolute atomic E-state index is 0.194. The van der Waals surface area contributed by atoms with Gasteiger partial charge in [-0.25, -0.2) is 0 Å². The van der Waals surface area contributed by atoms with Crippen molar-refractivity contribution in [2.75, 3.05) is 0 Å². The molecule has 16 heavy (non-hydrogen) atoms. The molecule has 0 N–H and O–H groups in total. The molecule has 4 saturated carbocycles. The Labute approximate surface area is 98.3 Å².